The number of hydrogen-bond acceptors (Lipinski definition) is 1. The minimum atomic E-state index is 0.507. The fourth-order valence-electron chi connectivity index (χ4n) is 0.488. The van der Waals surface area contributed by atoms with E-state index in [9.17, 15) is 0 Å². The highest BCUT2D eigenvalue weighted by molar-refractivity contribution is 9.09. The van der Waals surface area contributed by atoms with Gasteiger partial charge in [0.05, 0.1) is 0 Å². The molecule has 2 heteroatoms. The molecule has 0 aliphatic heterocycles. The number of halogens is 1. The van der Waals surface area contributed by atoms with Crippen molar-refractivity contribution in [3.05, 3.63) is 0 Å². The monoisotopic (exact) mass is 179 g/mol. The molecule has 8 heavy (non-hydrogen) atoms. The first-order valence-corrected chi connectivity index (χ1v) is 3.98. The van der Waals surface area contributed by atoms with Gasteiger partial charge in [-0.05, 0) is 5.92 Å². The van der Waals surface area contributed by atoms with Gasteiger partial charge in [-0.15, -0.1) is 0 Å². The van der Waals surface area contributed by atoms with Gasteiger partial charge in [-0.1, -0.05) is 36.2 Å². The van der Waals surface area contributed by atoms with Gasteiger partial charge in [0.2, 0.25) is 0 Å². The van der Waals surface area contributed by atoms with Crippen molar-refractivity contribution in [3.63, 3.8) is 0 Å². The molecule has 0 amide bonds. The predicted octanol–water partition coefficient (Wildman–Crippen LogP) is 1.75. The van der Waals surface area contributed by atoms with Gasteiger partial charge in [0.15, 0.2) is 0 Å². The molecule has 0 radical (unpaired) electrons. The van der Waals surface area contributed by atoms with Crippen molar-refractivity contribution < 1.29 is 0 Å². The maximum absolute atomic E-state index is 5.40. The zero-order valence-corrected chi connectivity index (χ0v) is 7.11. The van der Waals surface area contributed by atoms with Crippen LogP contribution in [0.5, 0.6) is 0 Å². The minimum Gasteiger partial charge on any atom is -0.329 e. The Morgan fingerprint density at radius 2 is 2.12 bits per heavy atom. The van der Waals surface area contributed by atoms with Crippen molar-refractivity contribution in [3.8, 4) is 0 Å². The highest BCUT2D eigenvalue weighted by Crippen LogP contribution is 2.13. The summed E-state index contributed by atoms with van der Waals surface area (Å²) in [4.78, 5) is 0.507. The lowest BCUT2D eigenvalue weighted by molar-refractivity contribution is 0.545. The zero-order chi connectivity index (χ0) is 6.57. The molecule has 0 aliphatic rings. The van der Waals surface area contributed by atoms with E-state index in [1.54, 1.807) is 0 Å². The maximum Gasteiger partial charge on any atom is 0.0293 e. The summed E-state index contributed by atoms with van der Waals surface area (Å²) in [6, 6.07) is 0. The van der Waals surface area contributed by atoms with Crippen LogP contribution in [0.4, 0.5) is 0 Å². The second-order valence-electron chi connectivity index (χ2n) is 2.14. The summed E-state index contributed by atoms with van der Waals surface area (Å²) in [5.41, 5.74) is 5.40. The second kappa shape index (κ2) is 4.33. The standard InChI is InChI=1S/C6H14BrN/c1-3-5(2)6(7)4-8/h5-6H,3-4,8H2,1-2H3/t5-,6-/m0/s1. The second-order valence-corrected chi connectivity index (χ2v) is 3.31. The van der Waals surface area contributed by atoms with Crippen LogP contribution in [-0.2, 0) is 0 Å². The molecule has 0 bridgehead atoms. The van der Waals surface area contributed by atoms with E-state index in [0.29, 0.717) is 10.7 Å². The van der Waals surface area contributed by atoms with Crippen LogP contribution in [0.15, 0.2) is 0 Å². The summed E-state index contributed by atoms with van der Waals surface area (Å²) in [6.07, 6.45) is 1.20. The van der Waals surface area contributed by atoms with E-state index < -0.39 is 0 Å². The lowest BCUT2D eigenvalue weighted by atomic mass is 10.1. The van der Waals surface area contributed by atoms with Crippen molar-refractivity contribution in [1.29, 1.82) is 0 Å². The average Bonchev–Trinajstić information content (AvgIpc) is 1.84. The molecule has 0 aliphatic carbocycles. The Kier molecular flexibility index (Phi) is 4.57. The van der Waals surface area contributed by atoms with Crippen molar-refractivity contribution in [2.45, 2.75) is 25.1 Å². The fourth-order valence-corrected chi connectivity index (χ4v) is 0.862. The smallest absolute Gasteiger partial charge is 0.0293 e. The molecule has 0 heterocycles. The van der Waals surface area contributed by atoms with Crippen LogP contribution in [0, 0.1) is 5.92 Å². The van der Waals surface area contributed by atoms with Gasteiger partial charge in [-0.2, -0.15) is 0 Å². The van der Waals surface area contributed by atoms with Crippen molar-refractivity contribution in [1.82, 2.24) is 0 Å². The Hall–Kier alpha value is 0.440. The number of hydrogen-bond donors (Lipinski definition) is 1. The van der Waals surface area contributed by atoms with Crippen LogP contribution in [0.1, 0.15) is 20.3 Å². The first-order chi connectivity index (χ1) is 3.72. The highest BCUT2D eigenvalue weighted by atomic mass is 79.9. The first kappa shape index (κ1) is 8.44. The van der Waals surface area contributed by atoms with Crippen LogP contribution in [0.3, 0.4) is 0 Å². The molecule has 0 fully saturated rings. The van der Waals surface area contributed by atoms with Crippen molar-refractivity contribution in [2.75, 3.05) is 6.54 Å². The van der Waals surface area contributed by atoms with Gasteiger partial charge in [0.25, 0.3) is 0 Å². The number of alkyl halides is 1. The SMILES string of the molecule is CC[C@H](C)[C@@H](Br)CN. The van der Waals surface area contributed by atoms with Crippen LogP contribution in [-0.4, -0.2) is 11.4 Å². The van der Waals surface area contributed by atoms with E-state index in [4.69, 9.17) is 5.73 Å². The van der Waals surface area contributed by atoms with Gasteiger partial charge < -0.3 is 5.73 Å². The lowest BCUT2D eigenvalue weighted by Gasteiger charge is -2.12. The third-order valence-corrected chi connectivity index (χ3v) is 2.76. The quantitative estimate of drug-likeness (QED) is 0.658. The normalized spacial score (nSPS) is 18.0. The van der Waals surface area contributed by atoms with Gasteiger partial charge in [-0.3, -0.25) is 0 Å². The van der Waals surface area contributed by atoms with Crippen LogP contribution >= 0.6 is 15.9 Å². The van der Waals surface area contributed by atoms with Gasteiger partial charge >= 0.3 is 0 Å². The molecular formula is C6H14BrN. The molecule has 50 valence electrons. The fraction of sp³-hybridized carbons (Fsp3) is 1.00. The molecule has 0 saturated heterocycles. The Labute approximate surface area is 59.8 Å². The van der Waals surface area contributed by atoms with E-state index in [1.807, 2.05) is 0 Å². The molecular weight excluding hydrogens is 166 g/mol. The molecule has 0 aromatic rings. The van der Waals surface area contributed by atoms with E-state index >= 15 is 0 Å². The van der Waals surface area contributed by atoms with Crippen LogP contribution in [0.25, 0.3) is 0 Å². The molecule has 2 atom stereocenters. The summed E-state index contributed by atoms with van der Waals surface area (Å²) in [7, 11) is 0. The molecule has 0 unspecified atom stereocenters. The third-order valence-electron chi connectivity index (χ3n) is 1.49. The summed E-state index contributed by atoms with van der Waals surface area (Å²) >= 11 is 3.48. The van der Waals surface area contributed by atoms with E-state index in [1.165, 1.54) is 6.42 Å². The molecule has 2 N–H and O–H groups in total. The van der Waals surface area contributed by atoms with E-state index in [2.05, 4.69) is 29.8 Å². The van der Waals surface area contributed by atoms with Gasteiger partial charge in [0, 0.05) is 11.4 Å². The van der Waals surface area contributed by atoms with Gasteiger partial charge in [0.1, 0.15) is 0 Å². The summed E-state index contributed by atoms with van der Waals surface area (Å²) in [5, 5.41) is 0. The Balaban J connectivity index is 3.29. The Bertz CT molecular complexity index is 48.5. The summed E-state index contributed by atoms with van der Waals surface area (Å²) < 4.78 is 0. The zero-order valence-electron chi connectivity index (χ0n) is 5.52. The molecule has 0 rings (SSSR count). The Morgan fingerprint density at radius 1 is 1.62 bits per heavy atom. The minimum absolute atomic E-state index is 0.507. The molecule has 0 aromatic heterocycles. The largest absolute Gasteiger partial charge is 0.329 e. The maximum atomic E-state index is 5.40. The van der Waals surface area contributed by atoms with E-state index in [0.717, 1.165) is 6.54 Å². The summed E-state index contributed by atoms with van der Waals surface area (Å²) in [5.74, 6) is 0.708. The Morgan fingerprint density at radius 3 is 2.25 bits per heavy atom. The third kappa shape index (κ3) is 2.68. The van der Waals surface area contributed by atoms with E-state index in [-0.39, 0.29) is 0 Å². The lowest BCUT2D eigenvalue weighted by Crippen LogP contribution is -2.20. The van der Waals surface area contributed by atoms with Crippen LogP contribution in [0.2, 0.25) is 0 Å². The predicted molar refractivity (Wildman–Crippen MR) is 41.2 cm³/mol. The van der Waals surface area contributed by atoms with Gasteiger partial charge in [-0.25, -0.2) is 0 Å². The molecule has 0 saturated carbocycles. The molecule has 0 spiro atoms. The number of rotatable bonds is 3. The first-order valence-electron chi connectivity index (χ1n) is 3.06. The average molecular weight is 180 g/mol. The molecule has 1 nitrogen and oxygen atoms in total. The topological polar surface area (TPSA) is 26.0 Å². The number of nitrogens with two attached hydrogens (primary N) is 1. The van der Waals surface area contributed by atoms with Crippen molar-refractivity contribution >= 4 is 15.9 Å². The van der Waals surface area contributed by atoms with Crippen molar-refractivity contribution in [2.24, 2.45) is 11.7 Å². The molecule has 0 aromatic carbocycles. The van der Waals surface area contributed by atoms with Crippen LogP contribution < -0.4 is 5.73 Å². The highest BCUT2D eigenvalue weighted by Gasteiger charge is 2.07. The summed E-state index contributed by atoms with van der Waals surface area (Å²) in [6.45, 7) is 5.12.